The predicted molar refractivity (Wildman–Crippen MR) is 131 cm³/mol. The molecule has 4 aromatic rings. The number of carbonyl (C=O) groups is 1. The minimum atomic E-state index is -4.66. The minimum absolute atomic E-state index is 0.0562. The van der Waals surface area contributed by atoms with Crippen molar-refractivity contribution in [3.05, 3.63) is 83.4 Å². The van der Waals surface area contributed by atoms with E-state index in [9.17, 15) is 31.1 Å². The van der Waals surface area contributed by atoms with Gasteiger partial charge in [-0.3, -0.25) is 9.00 Å². The Balaban J connectivity index is 1.70. The summed E-state index contributed by atoms with van der Waals surface area (Å²) in [6.07, 6.45) is -2.82. The van der Waals surface area contributed by atoms with Gasteiger partial charge in [-0.05, 0) is 54.3 Å². The fraction of sp³-hybridized carbons (Fsp3) is 0.200. The van der Waals surface area contributed by atoms with Crippen molar-refractivity contribution in [1.29, 1.82) is 0 Å². The molecule has 2 aromatic heterocycles. The van der Waals surface area contributed by atoms with E-state index in [1.807, 2.05) is 0 Å². The molecule has 0 aliphatic heterocycles. The molecular weight excluding hydrogens is 512 g/mol. The highest BCUT2D eigenvalue weighted by molar-refractivity contribution is 7.80. The third kappa shape index (κ3) is 5.49. The molecular formula is C25H21F4N4O3S-. The van der Waals surface area contributed by atoms with Gasteiger partial charge in [0.2, 0.25) is 5.91 Å². The maximum atomic E-state index is 14.6. The minimum Gasteiger partial charge on any atom is -0.755 e. The average molecular weight is 534 g/mol. The van der Waals surface area contributed by atoms with Crippen LogP contribution < -0.4 is 10.0 Å². The maximum absolute atomic E-state index is 14.6. The zero-order valence-corrected chi connectivity index (χ0v) is 20.2. The van der Waals surface area contributed by atoms with Gasteiger partial charge in [0.25, 0.3) is 0 Å². The van der Waals surface area contributed by atoms with Crippen LogP contribution in [0.5, 0.6) is 0 Å². The molecule has 3 N–H and O–H groups in total. The highest BCUT2D eigenvalue weighted by Crippen LogP contribution is 2.35. The molecule has 0 saturated heterocycles. The van der Waals surface area contributed by atoms with E-state index in [2.05, 4.69) is 9.97 Å². The molecule has 0 saturated carbocycles. The molecule has 2 heterocycles. The van der Waals surface area contributed by atoms with Crippen molar-refractivity contribution in [3.63, 3.8) is 0 Å². The van der Waals surface area contributed by atoms with E-state index in [0.717, 1.165) is 24.7 Å². The molecule has 4 rings (SSSR count). The molecule has 0 spiro atoms. The number of halogens is 4. The fourth-order valence-corrected chi connectivity index (χ4v) is 4.53. The number of carbonyl (C=O) groups excluding carboxylic acids is 1. The van der Waals surface area contributed by atoms with Crippen molar-refractivity contribution >= 4 is 33.8 Å². The van der Waals surface area contributed by atoms with Gasteiger partial charge in [0.05, 0.1) is 17.3 Å². The number of fused-ring (bicyclic) bond motifs is 1. The quantitative estimate of drug-likeness (QED) is 0.250. The summed E-state index contributed by atoms with van der Waals surface area (Å²) < 4.78 is 78.0. The summed E-state index contributed by atoms with van der Waals surface area (Å²) in [7, 11) is 1.16. The Labute approximate surface area is 211 Å². The van der Waals surface area contributed by atoms with Crippen LogP contribution in [0.2, 0.25) is 0 Å². The molecule has 37 heavy (non-hydrogen) atoms. The summed E-state index contributed by atoms with van der Waals surface area (Å²) in [6, 6.07) is 12.7. The first kappa shape index (κ1) is 26.3. The van der Waals surface area contributed by atoms with Crippen molar-refractivity contribution in [3.8, 4) is 11.3 Å². The van der Waals surface area contributed by atoms with Gasteiger partial charge in [0.1, 0.15) is 11.5 Å². The zero-order valence-electron chi connectivity index (χ0n) is 19.4. The number of rotatable bonds is 8. The zero-order chi connectivity index (χ0) is 26.9. The normalized spacial score (nSPS) is 13.5. The number of aryl methyl sites for hydroxylation is 1. The van der Waals surface area contributed by atoms with Crippen LogP contribution in [0.25, 0.3) is 22.2 Å². The Hall–Kier alpha value is -3.77. The number of alkyl halides is 3. The molecule has 2 aromatic carbocycles. The second-order valence-corrected chi connectivity index (χ2v) is 9.35. The van der Waals surface area contributed by atoms with E-state index in [-0.39, 0.29) is 29.8 Å². The Kier molecular flexibility index (Phi) is 7.32. The van der Waals surface area contributed by atoms with E-state index in [4.69, 9.17) is 5.73 Å². The van der Waals surface area contributed by atoms with Gasteiger partial charge in [0.15, 0.2) is 0 Å². The number of benzene rings is 2. The SMILES string of the molecule is CN(c1ccc(C(CCc2ccc(C(F)(F)F)nc2-c2cccc3[nH]ccc23)C(N)=O)cc1F)S(=O)[O-]. The van der Waals surface area contributed by atoms with E-state index < -0.39 is 40.8 Å². The van der Waals surface area contributed by atoms with Gasteiger partial charge in [-0.1, -0.05) is 24.3 Å². The van der Waals surface area contributed by atoms with Crippen LogP contribution >= 0.6 is 0 Å². The monoisotopic (exact) mass is 533 g/mol. The number of H-pyrrole nitrogens is 1. The number of hydrogen-bond donors (Lipinski definition) is 2. The summed E-state index contributed by atoms with van der Waals surface area (Å²) in [5.41, 5.74) is 6.30. The van der Waals surface area contributed by atoms with Crippen LogP contribution in [-0.2, 0) is 28.7 Å². The van der Waals surface area contributed by atoms with Gasteiger partial charge in [0, 0.05) is 41.0 Å². The molecule has 0 aliphatic rings. The van der Waals surface area contributed by atoms with E-state index >= 15 is 0 Å². The van der Waals surface area contributed by atoms with Gasteiger partial charge >= 0.3 is 6.18 Å². The standard InChI is InChI=1S/C25H22F4N4O3S/c1-33(37(35)36)21-9-6-15(13-19(21)26)16(24(30)34)8-5-14-7-10-22(25(27,28)29)32-23(14)18-3-2-4-20-17(18)11-12-31-20/h2-4,6-7,9-13,16,31H,5,8H2,1H3,(H2,30,34)(H,35,36)/p-1. The highest BCUT2D eigenvalue weighted by Gasteiger charge is 2.33. The number of nitrogens with two attached hydrogens (primary N) is 1. The molecule has 0 radical (unpaired) electrons. The number of aromatic amines is 1. The lowest BCUT2D eigenvalue weighted by atomic mass is 9.90. The second-order valence-electron chi connectivity index (χ2n) is 8.37. The third-order valence-electron chi connectivity index (χ3n) is 6.10. The average Bonchev–Trinajstić information content (AvgIpc) is 3.32. The highest BCUT2D eigenvalue weighted by atomic mass is 32.2. The Bertz CT molecular complexity index is 1490. The first-order valence-corrected chi connectivity index (χ1v) is 12.1. The number of nitrogens with zero attached hydrogens (tertiary/aromatic N) is 2. The molecule has 0 aliphatic carbocycles. The van der Waals surface area contributed by atoms with E-state index in [1.165, 1.54) is 18.2 Å². The Morgan fingerprint density at radius 1 is 1.19 bits per heavy atom. The summed E-state index contributed by atoms with van der Waals surface area (Å²) in [6.45, 7) is 0. The van der Waals surface area contributed by atoms with Crippen LogP contribution in [0.3, 0.4) is 0 Å². The van der Waals surface area contributed by atoms with Crippen LogP contribution in [0.1, 0.15) is 29.2 Å². The lowest BCUT2D eigenvalue weighted by Crippen LogP contribution is -2.23. The number of aromatic nitrogens is 2. The first-order valence-electron chi connectivity index (χ1n) is 11.0. The van der Waals surface area contributed by atoms with Crippen molar-refractivity contribution in [2.75, 3.05) is 11.4 Å². The molecule has 194 valence electrons. The smallest absolute Gasteiger partial charge is 0.433 e. The molecule has 2 atom stereocenters. The molecule has 2 unspecified atom stereocenters. The van der Waals surface area contributed by atoms with Crippen LogP contribution in [0.15, 0.2) is 60.8 Å². The van der Waals surface area contributed by atoms with Crippen molar-refractivity contribution in [2.24, 2.45) is 5.73 Å². The largest absolute Gasteiger partial charge is 0.755 e. The summed E-state index contributed by atoms with van der Waals surface area (Å²) in [5, 5.41) is 0.680. The predicted octanol–water partition coefficient (Wildman–Crippen LogP) is 4.82. The lowest BCUT2D eigenvalue weighted by molar-refractivity contribution is -0.141. The fourth-order valence-electron chi connectivity index (χ4n) is 4.22. The van der Waals surface area contributed by atoms with E-state index in [1.54, 1.807) is 30.5 Å². The number of primary amides is 1. The lowest BCUT2D eigenvalue weighted by Gasteiger charge is -2.23. The number of anilines is 1. The number of amides is 1. The molecule has 12 heteroatoms. The summed E-state index contributed by atoms with van der Waals surface area (Å²) >= 11 is -2.70. The molecule has 7 nitrogen and oxygen atoms in total. The first-order chi connectivity index (χ1) is 17.5. The third-order valence-corrected chi connectivity index (χ3v) is 6.75. The Morgan fingerprint density at radius 3 is 2.59 bits per heavy atom. The van der Waals surface area contributed by atoms with Gasteiger partial charge in [-0.25, -0.2) is 9.37 Å². The topological polar surface area (TPSA) is 115 Å². The van der Waals surface area contributed by atoms with Crippen LogP contribution in [-0.4, -0.2) is 31.7 Å². The van der Waals surface area contributed by atoms with Gasteiger partial charge in [-0.2, -0.15) is 13.2 Å². The summed E-state index contributed by atoms with van der Waals surface area (Å²) in [4.78, 5) is 19.2. The Morgan fingerprint density at radius 2 is 1.95 bits per heavy atom. The maximum Gasteiger partial charge on any atom is 0.433 e. The van der Waals surface area contributed by atoms with E-state index in [0.29, 0.717) is 20.8 Å². The van der Waals surface area contributed by atoms with Crippen LogP contribution in [0.4, 0.5) is 23.2 Å². The van der Waals surface area contributed by atoms with Crippen molar-refractivity contribution in [2.45, 2.75) is 24.9 Å². The second kappa shape index (κ2) is 10.3. The number of nitrogens with one attached hydrogen (secondary N) is 1. The van der Waals surface area contributed by atoms with Crippen molar-refractivity contribution < 1.29 is 31.1 Å². The summed E-state index contributed by atoms with van der Waals surface area (Å²) in [5.74, 6) is -2.61. The molecule has 0 fully saturated rings. The molecule has 1 amide bonds. The van der Waals surface area contributed by atoms with Gasteiger partial charge < -0.3 is 19.6 Å². The molecule has 0 bridgehead atoms. The van der Waals surface area contributed by atoms with Crippen molar-refractivity contribution in [1.82, 2.24) is 9.97 Å². The number of pyridine rings is 1. The van der Waals surface area contributed by atoms with Crippen LogP contribution in [0, 0.1) is 5.82 Å². The van der Waals surface area contributed by atoms with Gasteiger partial charge in [-0.15, -0.1) is 0 Å². The number of hydrogen-bond acceptors (Lipinski definition) is 4.